The minimum atomic E-state index is -0.833. The maximum Gasteiger partial charge on any atom is 0.300 e. The third kappa shape index (κ3) is 12.5. The van der Waals surface area contributed by atoms with Crippen molar-refractivity contribution in [1.82, 2.24) is 4.90 Å². The van der Waals surface area contributed by atoms with Crippen LogP contribution >= 0.6 is 0 Å². The molecule has 20 heavy (non-hydrogen) atoms. The van der Waals surface area contributed by atoms with E-state index in [1.807, 2.05) is 0 Å². The van der Waals surface area contributed by atoms with E-state index in [9.17, 15) is 0 Å². The lowest BCUT2D eigenvalue weighted by atomic mass is 10.0. The normalized spacial score (nSPS) is 19.2. The number of hydrogen-bond acceptors (Lipinski definition) is 2. The van der Waals surface area contributed by atoms with Crippen LogP contribution < -0.4 is 0 Å². The molecule has 1 saturated heterocycles. The third-order valence-corrected chi connectivity index (χ3v) is 3.99. The molecule has 3 nitrogen and oxygen atoms in total. The molecule has 1 N–H and O–H groups in total. The molecule has 0 aliphatic carbocycles. The van der Waals surface area contributed by atoms with Crippen LogP contribution in [0.25, 0.3) is 0 Å². The molecule has 1 aliphatic heterocycles. The Morgan fingerprint density at radius 2 is 1.65 bits per heavy atom. The zero-order valence-electron chi connectivity index (χ0n) is 13.9. The van der Waals surface area contributed by atoms with E-state index in [-0.39, 0.29) is 0 Å². The summed E-state index contributed by atoms with van der Waals surface area (Å²) >= 11 is 0. The van der Waals surface area contributed by atoms with Crippen molar-refractivity contribution in [3.63, 3.8) is 0 Å². The van der Waals surface area contributed by atoms with Crippen LogP contribution in [0.15, 0.2) is 0 Å². The molecule has 1 rings (SSSR count). The molecule has 0 bridgehead atoms. The number of aliphatic carboxylic acids is 1. The Balaban J connectivity index is 0.000000796. The van der Waals surface area contributed by atoms with Crippen LogP contribution in [0, 0.1) is 0 Å². The molecule has 0 aromatic carbocycles. The van der Waals surface area contributed by atoms with E-state index in [1.54, 1.807) is 0 Å². The summed E-state index contributed by atoms with van der Waals surface area (Å²) in [5, 5.41) is 7.42. The standard InChI is InChI=1S/C15H31N.C2H4O2/c1-3-4-5-6-7-8-10-13-16-14-11-9-12-15(16)2;1-2(3)4/h15H,3-14H2,1-2H3;1H3,(H,3,4). The van der Waals surface area contributed by atoms with Crippen molar-refractivity contribution < 1.29 is 9.90 Å². The number of carboxylic acids is 1. The molecule has 1 aliphatic rings. The number of likely N-dealkylation sites (tertiary alicyclic amines) is 1. The number of hydrogen-bond donors (Lipinski definition) is 1. The zero-order valence-corrected chi connectivity index (χ0v) is 13.9. The first-order chi connectivity index (χ1) is 9.57. The molecular formula is C17H35NO2. The van der Waals surface area contributed by atoms with Crippen LogP contribution in [0.2, 0.25) is 0 Å². The maximum atomic E-state index is 9.00. The Hall–Kier alpha value is -0.570. The van der Waals surface area contributed by atoms with Gasteiger partial charge in [-0.2, -0.15) is 0 Å². The van der Waals surface area contributed by atoms with Crippen molar-refractivity contribution in [2.24, 2.45) is 0 Å². The Bertz CT molecular complexity index is 227. The van der Waals surface area contributed by atoms with Crippen molar-refractivity contribution >= 4 is 5.97 Å². The summed E-state index contributed by atoms with van der Waals surface area (Å²) in [6.07, 6.45) is 14.4. The average Bonchev–Trinajstić information content (AvgIpc) is 2.39. The summed E-state index contributed by atoms with van der Waals surface area (Å²) in [6.45, 7) is 8.49. The van der Waals surface area contributed by atoms with E-state index in [2.05, 4.69) is 18.7 Å². The van der Waals surface area contributed by atoms with Crippen LogP contribution in [-0.4, -0.2) is 35.1 Å². The summed E-state index contributed by atoms with van der Waals surface area (Å²) < 4.78 is 0. The Morgan fingerprint density at radius 1 is 1.10 bits per heavy atom. The maximum absolute atomic E-state index is 9.00. The third-order valence-electron chi connectivity index (χ3n) is 3.99. The van der Waals surface area contributed by atoms with Gasteiger partial charge in [0.25, 0.3) is 5.97 Å². The highest BCUT2D eigenvalue weighted by Crippen LogP contribution is 2.17. The predicted molar refractivity (Wildman–Crippen MR) is 86.2 cm³/mol. The fourth-order valence-electron chi connectivity index (χ4n) is 2.76. The van der Waals surface area contributed by atoms with Crippen LogP contribution in [-0.2, 0) is 4.79 Å². The number of carbonyl (C=O) groups is 1. The van der Waals surface area contributed by atoms with E-state index in [0.29, 0.717) is 0 Å². The highest BCUT2D eigenvalue weighted by atomic mass is 16.4. The van der Waals surface area contributed by atoms with Crippen molar-refractivity contribution in [2.75, 3.05) is 13.1 Å². The van der Waals surface area contributed by atoms with Gasteiger partial charge >= 0.3 is 0 Å². The molecule has 120 valence electrons. The molecule has 0 radical (unpaired) electrons. The van der Waals surface area contributed by atoms with E-state index in [1.165, 1.54) is 77.3 Å². The van der Waals surface area contributed by atoms with Crippen molar-refractivity contribution in [3.8, 4) is 0 Å². The monoisotopic (exact) mass is 285 g/mol. The topological polar surface area (TPSA) is 40.5 Å². The van der Waals surface area contributed by atoms with E-state index in [0.717, 1.165) is 13.0 Å². The van der Waals surface area contributed by atoms with Gasteiger partial charge in [-0.3, -0.25) is 4.79 Å². The van der Waals surface area contributed by atoms with Crippen LogP contribution in [0.5, 0.6) is 0 Å². The first kappa shape index (κ1) is 19.4. The van der Waals surface area contributed by atoms with Gasteiger partial charge in [0.1, 0.15) is 0 Å². The fraction of sp³-hybridized carbons (Fsp3) is 0.941. The highest BCUT2D eigenvalue weighted by Gasteiger charge is 2.16. The van der Waals surface area contributed by atoms with Gasteiger partial charge in [-0.15, -0.1) is 0 Å². The number of piperidine rings is 1. The number of unbranched alkanes of at least 4 members (excludes halogenated alkanes) is 6. The minimum Gasteiger partial charge on any atom is -0.481 e. The highest BCUT2D eigenvalue weighted by molar-refractivity contribution is 5.62. The van der Waals surface area contributed by atoms with Gasteiger partial charge in [-0.25, -0.2) is 0 Å². The molecule has 1 unspecified atom stereocenters. The minimum absolute atomic E-state index is 0.833. The summed E-state index contributed by atoms with van der Waals surface area (Å²) in [6, 6.07) is 0.855. The second kappa shape index (κ2) is 13.4. The molecule has 0 aromatic heterocycles. The molecule has 0 saturated carbocycles. The molecule has 3 heteroatoms. The van der Waals surface area contributed by atoms with Crippen LogP contribution in [0.1, 0.15) is 85.0 Å². The largest absolute Gasteiger partial charge is 0.481 e. The fourth-order valence-corrected chi connectivity index (χ4v) is 2.76. The van der Waals surface area contributed by atoms with Gasteiger partial charge < -0.3 is 10.0 Å². The lowest BCUT2D eigenvalue weighted by Gasteiger charge is -2.33. The van der Waals surface area contributed by atoms with Gasteiger partial charge in [-0.1, -0.05) is 51.9 Å². The number of nitrogens with zero attached hydrogens (tertiary/aromatic N) is 1. The molecule has 0 spiro atoms. The van der Waals surface area contributed by atoms with E-state index < -0.39 is 5.97 Å². The van der Waals surface area contributed by atoms with Crippen molar-refractivity contribution in [2.45, 2.75) is 91.0 Å². The summed E-state index contributed by atoms with van der Waals surface area (Å²) in [5.41, 5.74) is 0. The second-order valence-corrected chi connectivity index (χ2v) is 6.02. The second-order valence-electron chi connectivity index (χ2n) is 6.02. The van der Waals surface area contributed by atoms with Gasteiger partial charge in [0.15, 0.2) is 0 Å². The lowest BCUT2D eigenvalue weighted by molar-refractivity contribution is -0.134. The molecule has 0 amide bonds. The molecule has 1 fully saturated rings. The predicted octanol–water partition coefficient (Wildman–Crippen LogP) is 4.70. The van der Waals surface area contributed by atoms with Gasteiger partial charge in [0, 0.05) is 13.0 Å². The Kier molecular flexibility index (Phi) is 13.0. The lowest BCUT2D eigenvalue weighted by Crippen LogP contribution is -2.37. The van der Waals surface area contributed by atoms with E-state index in [4.69, 9.17) is 9.90 Å². The summed E-state index contributed by atoms with van der Waals surface area (Å²) in [5.74, 6) is -0.833. The van der Waals surface area contributed by atoms with E-state index >= 15 is 0 Å². The number of carboxylic acid groups (broad SMARTS) is 1. The SMILES string of the molecule is CC(=O)O.CCCCCCCCCN1CCCCC1C. The van der Waals surface area contributed by atoms with Crippen LogP contribution in [0.3, 0.4) is 0 Å². The summed E-state index contributed by atoms with van der Waals surface area (Å²) in [4.78, 5) is 11.7. The van der Waals surface area contributed by atoms with Gasteiger partial charge in [0.2, 0.25) is 0 Å². The first-order valence-electron chi connectivity index (χ1n) is 8.51. The van der Waals surface area contributed by atoms with Gasteiger partial charge in [0.05, 0.1) is 0 Å². The van der Waals surface area contributed by atoms with Gasteiger partial charge in [-0.05, 0) is 39.3 Å². The van der Waals surface area contributed by atoms with Crippen molar-refractivity contribution in [3.05, 3.63) is 0 Å². The zero-order chi connectivity index (χ0) is 15.2. The molecule has 0 aromatic rings. The van der Waals surface area contributed by atoms with Crippen LogP contribution in [0.4, 0.5) is 0 Å². The first-order valence-corrected chi connectivity index (χ1v) is 8.51. The molecule has 1 atom stereocenters. The summed E-state index contributed by atoms with van der Waals surface area (Å²) in [7, 11) is 0. The quantitative estimate of drug-likeness (QED) is 0.657. The Labute approximate surface area is 125 Å². The Morgan fingerprint density at radius 3 is 2.20 bits per heavy atom. The smallest absolute Gasteiger partial charge is 0.300 e. The molecule has 1 heterocycles. The molecular weight excluding hydrogens is 250 g/mol. The average molecular weight is 285 g/mol. The number of rotatable bonds is 8. The van der Waals surface area contributed by atoms with Crippen molar-refractivity contribution in [1.29, 1.82) is 0 Å².